The smallest absolute Gasteiger partial charge is 0.233 e. The molecule has 0 unspecified atom stereocenters. The van der Waals surface area contributed by atoms with Crippen LogP contribution in [0.2, 0.25) is 5.02 Å². The molecule has 0 saturated heterocycles. The van der Waals surface area contributed by atoms with Crippen LogP contribution < -0.4 is 5.43 Å². The fourth-order valence-corrected chi connectivity index (χ4v) is 2.21. The molecule has 5 heteroatoms. The first-order valence-electron chi connectivity index (χ1n) is 5.82. The average Bonchev–Trinajstić information content (AvgIpc) is 2.67. The van der Waals surface area contributed by atoms with Crippen molar-refractivity contribution in [3.8, 4) is 5.69 Å². The summed E-state index contributed by atoms with van der Waals surface area (Å²) in [5.74, 6) is 0.563. The average molecular weight is 275 g/mol. The molecule has 1 aromatic carbocycles. The number of rotatable bonds is 1. The first kappa shape index (κ1) is 12.0. The second-order valence-electron chi connectivity index (χ2n) is 4.38. The second kappa shape index (κ2) is 4.24. The molecule has 0 bridgehead atoms. The fraction of sp³-hybridized carbons (Fsp3) is 0.143. The molecule has 0 spiro atoms. The summed E-state index contributed by atoms with van der Waals surface area (Å²) < 4.78 is 7.27. The van der Waals surface area contributed by atoms with Crippen LogP contribution >= 0.6 is 11.6 Å². The van der Waals surface area contributed by atoms with Gasteiger partial charge in [-0.3, -0.25) is 4.79 Å². The van der Waals surface area contributed by atoms with Gasteiger partial charge in [-0.05, 0) is 38.1 Å². The fourth-order valence-electron chi connectivity index (χ4n) is 2.08. The molecule has 2 aromatic heterocycles. The number of aryl methyl sites for hydroxylation is 2. The molecule has 0 atom stereocenters. The summed E-state index contributed by atoms with van der Waals surface area (Å²) in [5.41, 5.74) is 1.84. The molecule has 0 aliphatic carbocycles. The van der Waals surface area contributed by atoms with E-state index in [1.165, 1.54) is 6.07 Å². The predicted octanol–water partition coefficient (Wildman–Crippen LogP) is 3.25. The zero-order chi connectivity index (χ0) is 13.6. The molecule has 96 valence electrons. The Bertz CT molecular complexity index is 816. The van der Waals surface area contributed by atoms with Gasteiger partial charge in [0.25, 0.3) is 0 Å². The maximum atomic E-state index is 12.0. The number of halogens is 1. The highest BCUT2D eigenvalue weighted by atomic mass is 35.5. The number of aromatic nitrogens is 2. The molecule has 0 fully saturated rings. The van der Waals surface area contributed by atoms with Gasteiger partial charge in [-0.1, -0.05) is 11.6 Å². The molecule has 0 aliphatic heterocycles. The van der Waals surface area contributed by atoms with E-state index in [2.05, 4.69) is 5.10 Å². The van der Waals surface area contributed by atoms with Crippen LogP contribution in [0, 0.1) is 13.8 Å². The van der Waals surface area contributed by atoms with Crippen molar-refractivity contribution >= 4 is 22.7 Å². The normalized spacial score (nSPS) is 11.1. The molecule has 3 aromatic rings. The lowest BCUT2D eigenvalue weighted by Crippen LogP contribution is -2.01. The second-order valence-corrected chi connectivity index (χ2v) is 4.81. The monoisotopic (exact) mass is 274 g/mol. The number of nitrogens with zero attached hydrogens (tertiary/aromatic N) is 2. The molecule has 0 saturated carbocycles. The van der Waals surface area contributed by atoms with Gasteiger partial charge in [0.1, 0.15) is 11.1 Å². The lowest BCUT2D eigenvalue weighted by molar-refractivity contribution is 0.539. The first-order chi connectivity index (χ1) is 9.06. The Balaban J connectivity index is 2.36. The number of benzene rings is 1. The first-order valence-corrected chi connectivity index (χ1v) is 6.20. The van der Waals surface area contributed by atoms with Crippen molar-refractivity contribution in [2.24, 2.45) is 0 Å². The Morgan fingerprint density at radius 2 is 1.89 bits per heavy atom. The summed E-state index contributed by atoms with van der Waals surface area (Å²) in [4.78, 5) is 12.0. The van der Waals surface area contributed by atoms with Crippen molar-refractivity contribution in [2.45, 2.75) is 13.8 Å². The van der Waals surface area contributed by atoms with E-state index >= 15 is 0 Å². The molecule has 19 heavy (non-hydrogen) atoms. The Hall–Kier alpha value is -2.07. The third-order valence-electron chi connectivity index (χ3n) is 2.93. The highest BCUT2D eigenvalue weighted by molar-refractivity contribution is 6.30. The van der Waals surface area contributed by atoms with Crippen LogP contribution in [0.3, 0.4) is 0 Å². The van der Waals surface area contributed by atoms with Crippen molar-refractivity contribution in [3.05, 3.63) is 57.0 Å². The third-order valence-corrected chi connectivity index (χ3v) is 3.18. The Morgan fingerprint density at radius 1 is 1.21 bits per heavy atom. The SMILES string of the molecule is Cc1cc(=O)c2c(C)nn(-c3ccc(Cl)cc3)c2o1. The van der Waals surface area contributed by atoms with E-state index in [0.29, 0.717) is 27.6 Å². The van der Waals surface area contributed by atoms with E-state index in [1.54, 1.807) is 30.7 Å². The maximum absolute atomic E-state index is 12.0. The van der Waals surface area contributed by atoms with E-state index in [4.69, 9.17) is 16.0 Å². The third kappa shape index (κ3) is 1.94. The molecule has 4 nitrogen and oxygen atoms in total. The lowest BCUT2D eigenvalue weighted by atomic mass is 10.2. The van der Waals surface area contributed by atoms with E-state index in [1.807, 2.05) is 12.1 Å². The van der Waals surface area contributed by atoms with Gasteiger partial charge in [-0.15, -0.1) is 0 Å². The topological polar surface area (TPSA) is 48.0 Å². The van der Waals surface area contributed by atoms with E-state index in [9.17, 15) is 4.79 Å². The van der Waals surface area contributed by atoms with Crippen molar-refractivity contribution in [2.75, 3.05) is 0 Å². The largest absolute Gasteiger partial charge is 0.443 e. The summed E-state index contributed by atoms with van der Waals surface area (Å²) in [6.07, 6.45) is 0. The molecule has 0 N–H and O–H groups in total. The van der Waals surface area contributed by atoms with Crippen LogP contribution in [0.25, 0.3) is 16.8 Å². The molecule has 0 radical (unpaired) electrons. The lowest BCUT2D eigenvalue weighted by Gasteiger charge is -2.02. The predicted molar refractivity (Wildman–Crippen MR) is 74.1 cm³/mol. The van der Waals surface area contributed by atoms with Crippen molar-refractivity contribution < 1.29 is 4.42 Å². The van der Waals surface area contributed by atoms with E-state index < -0.39 is 0 Å². The summed E-state index contributed by atoms with van der Waals surface area (Å²) in [6, 6.07) is 8.68. The molecule has 2 heterocycles. The van der Waals surface area contributed by atoms with E-state index in [0.717, 1.165) is 5.69 Å². The van der Waals surface area contributed by atoms with Crippen molar-refractivity contribution in [1.82, 2.24) is 9.78 Å². The van der Waals surface area contributed by atoms with Gasteiger partial charge in [-0.25, -0.2) is 0 Å². The molecule has 0 aliphatic rings. The van der Waals surface area contributed by atoms with Crippen molar-refractivity contribution in [3.63, 3.8) is 0 Å². The maximum Gasteiger partial charge on any atom is 0.233 e. The summed E-state index contributed by atoms with van der Waals surface area (Å²) in [5, 5.41) is 5.53. The zero-order valence-electron chi connectivity index (χ0n) is 10.5. The minimum absolute atomic E-state index is 0.0727. The van der Waals surface area contributed by atoms with Gasteiger partial charge >= 0.3 is 0 Å². The van der Waals surface area contributed by atoms with Crippen LogP contribution in [0.15, 0.2) is 39.5 Å². The molecule has 3 rings (SSSR count). The van der Waals surface area contributed by atoms with Crippen LogP contribution in [-0.2, 0) is 0 Å². The molecular weight excluding hydrogens is 264 g/mol. The Morgan fingerprint density at radius 3 is 2.58 bits per heavy atom. The van der Waals surface area contributed by atoms with Gasteiger partial charge in [0.15, 0.2) is 5.43 Å². The van der Waals surface area contributed by atoms with Crippen LogP contribution in [0.1, 0.15) is 11.5 Å². The minimum Gasteiger partial charge on any atom is -0.443 e. The quantitative estimate of drug-likeness (QED) is 0.684. The van der Waals surface area contributed by atoms with Crippen LogP contribution in [0.5, 0.6) is 0 Å². The summed E-state index contributed by atoms with van der Waals surface area (Å²) in [7, 11) is 0. The highest BCUT2D eigenvalue weighted by Gasteiger charge is 2.14. The van der Waals surface area contributed by atoms with Gasteiger partial charge in [0.2, 0.25) is 5.71 Å². The van der Waals surface area contributed by atoms with Gasteiger partial charge in [0, 0.05) is 11.1 Å². The number of hydrogen-bond donors (Lipinski definition) is 0. The van der Waals surface area contributed by atoms with Crippen molar-refractivity contribution in [1.29, 1.82) is 0 Å². The Labute approximate surface area is 114 Å². The van der Waals surface area contributed by atoms with Gasteiger partial charge < -0.3 is 4.42 Å². The van der Waals surface area contributed by atoms with Crippen LogP contribution in [0.4, 0.5) is 0 Å². The highest BCUT2D eigenvalue weighted by Crippen LogP contribution is 2.21. The standard InChI is InChI=1S/C14H11ClN2O2/c1-8-7-12(18)13-9(2)16-17(14(13)19-8)11-5-3-10(15)4-6-11/h3-7H,1-2H3. The number of hydrogen-bond acceptors (Lipinski definition) is 3. The summed E-state index contributed by atoms with van der Waals surface area (Å²) >= 11 is 5.87. The number of fused-ring (bicyclic) bond motifs is 1. The van der Waals surface area contributed by atoms with E-state index in [-0.39, 0.29) is 5.43 Å². The minimum atomic E-state index is -0.0727. The van der Waals surface area contributed by atoms with Gasteiger partial charge in [0.05, 0.1) is 11.4 Å². The molecular formula is C14H11ClN2O2. The summed E-state index contributed by atoms with van der Waals surface area (Å²) in [6.45, 7) is 3.54. The molecule has 0 amide bonds. The van der Waals surface area contributed by atoms with Gasteiger partial charge in [-0.2, -0.15) is 9.78 Å². The zero-order valence-corrected chi connectivity index (χ0v) is 11.2. The van der Waals surface area contributed by atoms with Crippen LogP contribution in [-0.4, -0.2) is 9.78 Å². The Kier molecular flexibility index (Phi) is 2.68.